The number of hydrogen-bond acceptors (Lipinski definition) is 4. The number of rotatable bonds is 11. The topological polar surface area (TPSA) is 53.8 Å². The molecule has 0 fully saturated rings. The van der Waals surface area contributed by atoms with Gasteiger partial charge in [-0.2, -0.15) is 0 Å². The van der Waals surface area contributed by atoms with Crippen LogP contribution >= 0.6 is 11.6 Å². The number of nitrogens with zero attached hydrogens (tertiary/aromatic N) is 2. The zero-order valence-electron chi connectivity index (χ0n) is 20.1. The molecule has 6 heteroatoms. The average Bonchev–Trinajstić information content (AvgIpc) is 3.13. The molecule has 0 N–H and O–H groups in total. The van der Waals surface area contributed by atoms with Gasteiger partial charge in [0.2, 0.25) is 5.76 Å². The summed E-state index contributed by atoms with van der Waals surface area (Å²) in [6, 6.07) is 14.1. The molecule has 0 spiro atoms. The average molecular weight is 481 g/mol. The molecule has 180 valence electrons. The minimum atomic E-state index is -0.472. The van der Waals surface area contributed by atoms with E-state index in [4.69, 9.17) is 16.0 Å². The summed E-state index contributed by atoms with van der Waals surface area (Å²) in [6.45, 7) is 8.07. The largest absolute Gasteiger partial charge is 0.450 e. The van der Waals surface area contributed by atoms with Gasteiger partial charge in [-0.3, -0.25) is 9.59 Å². The van der Waals surface area contributed by atoms with Crippen LogP contribution in [0.15, 0.2) is 57.7 Å². The second kappa shape index (κ2) is 11.2. The van der Waals surface area contributed by atoms with Crippen molar-refractivity contribution in [2.45, 2.75) is 52.0 Å². The molecular weight excluding hydrogens is 448 g/mol. The first-order valence-corrected chi connectivity index (χ1v) is 12.8. The molecule has 1 amide bonds. The van der Waals surface area contributed by atoms with Crippen LogP contribution in [0.5, 0.6) is 0 Å². The molecule has 3 aromatic rings. The van der Waals surface area contributed by atoms with Crippen LogP contribution in [0, 0.1) is 0 Å². The fourth-order valence-electron chi connectivity index (χ4n) is 4.75. The normalized spacial score (nSPS) is 15.5. The summed E-state index contributed by atoms with van der Waals surface area (Å²) in [4.78, 5) is 31.3. The molecule has 4 rings (SSSR count). The fraction of sp³-hybridized carbons (Fsp3) is 0.429. The number of carbonyl (C=O) groups is 1. The van der Waals surface area contributed by atoms with Crippen LogP contribution in [-0.2, 0) is 0 Å². The predicted molar refractivity (Wildman–Crippen MR) is 138 cm³/mol. The van der Waals surface area contributed by atoms with Crippen molar-refractivity contribution in [3.8, 4) is 0 Å². The summed E-state index contributed by atoms with van der Waals surface area (Å²) < 4.78 is 6.01. The van der Waals surface area contributed by atoms with Crippen molar-refractivity contribution >= 4 is 28.5 Å². The summed E-state index contributed by atoms with van der Waals surface area (Å²) in [5, 5.41) is 1.12. The summed E-state index contributed by atoms with van der Waals surface area (Å²) in [5.41, 5.74) is 1.61. The number of benzene rings is 2. The van der Waals surface area contributed by atoms with E-state index in [0.717, 1.165) is 31.6 Å². The minimum absolute atomic E-state index is 0.139. The van der Waals surface area contributed by atoms with E-state index in [0.29, 0.717) is 28.1 Å². The molecule has 34 heavy (non-hydrogen) atoms. The SMILES string of the molecule is CCCCN(CCCC)CCCN1C(=O)c2oc3ccccc3c(=O)c2C1c1ccc(Cl)cc1. The maximum atomic E-state index is 13.5. The van der Waals surface area contributed by atoms with Gasteiger partial charge in [-0.25, -0.2) is 0 Å². The van der Waals surface area contributed by atoms with E-state index in [1.54, 1.807) is 29.2 Å². The van der Waals surface area contributed by atoms with E-state index in [2.05, 4.69) is 18.7 Å². The quantitative estimate of drug-likeness (QED) is 0.324. The first-order valence-electron chi connectivity index (χ1n) is 12.4. The molecule has 5 nitrogen and oxygen atoms in total. The van der Waals surface area contributed by atoms with Crippen LogP contribution in [-0.4, -0.2) is 41.9 Å². The Bertz CT molecular complexity index is 1180. The predicted octanol–water partition coefficient (Wildman–Crippen LogP) is 6.28. The van der Waals surface area contributed by atoms with Gasteiger partial charge in [0.15, 0.2) is 5.43 Å². The van der Waals surface area contributed by atoms with E-state index in [-0.39, 0.29) is 17.1 Å². The molecule has 1 unspecified atom stereocenters. The highest BCUT2D eigenvalue weighted by molar-refractivity contribution is 6.30. The van der Waals surface area contributed by atoms with Gasteiger partial charge in [0.25, 0.3) is 5.91 Å². The first kappa shape index (κ1) is 24.5. The van der Waals surface area contributed by atoms with Crippen molar-refractivity contribution in [1.82, 2.24) is 9.80 Å². The lowest BCUT2D eigenvalue weighted by atomic mass is 9.98. The summed E-state index contributed by atoms with van der Waals surface area (Å²) in [6.07, 6.45) is 5.53. The van der Waals surface area contributed by atoms with E-state index < -0.39 is 6.04 Å². The van der Waals surface area contributed by atoms with Crippen LogP contribution in [0.2, 0.25) is 5.02 Å². The Labute approximate surface area is 206 Å². The third-order valence-electron chi connectivity index (χ3n) is 6.59. The maximum Gasteiger partial charge on any atom is 0.290 e. The van der Waals surface area contributed by atoms with Gasteiger partial charge in [0.05, 0.1) is 17.0 Å². The van der Waals surface area contributed by atoms with E-state index >= 15 is 0 Å². The van der Waals surface area contributed by atoms with Crippen LogP contribution < -0.4 is 5.43 Å². The van der Waals surface area contributed by atoms with E-state index in [1.807, 2.05) is 24.3 Å². The lowest BCUT2D eigenvalue weighted by Gasteiger charge is -2.27. The number of para-hydroxylation sites is 1. The van der Waals surface area contributed by atoms with Crippen LogP contribution in [0.1, 0.15) is 73.7 Å². The second-order valence-electron chi connectivity index (χ2n) is 9.03. The van der Waals surface area contributed by atoms with Gasteiger partial charge >= 0.3 is 0 Å². The van der Waals surface area contributed by atoms with E-state index in [1.165, 1.54) is 25.7 Å². The van der Waals surface area contributed by atoms with Gasteiger partial charge in [0.1, 0.15) is 5.58 Å². The molecule has 1 atom stereocenters. The lowest BCUT2D eigenvalue weighted by molar-refractivity contribution is 0.0719. The third kappa shape index (κ3) is 5.06. The highest BCUT2D eigenvalue weighted by atomic mass is 35.5. The molecule has 0 radical (unpaired) electrons. The zero-order valence-corrected chi connectivity index (χ0v) is 20.8. The molecule has 0 saturated heterocycles. The molecule has 1 aliphatic heterocycles. The number of hydrogen-bond donors (Lipinski definition) is 0. The van der Waals surface area contributed by atoms with Gasteiger partial charge in [-0.15, -0.1) is 0 Å². The molecule has 2 heterocycles. The molecular formula is C28H33ClN2O3. The molecule has 1 aromatic heterocycles. The number of carbonyl (C=O) groups excluding carboxylic acids is 1. The summed E-state index contributed by atoms with van der Waals surface area (Å²) in [5.74, 6) is -0.0519. The van der Waals surface area contributed by atoms with Crippen molar-refractivity contribution < 1.29 is 9.21 Å². The lowest BCUT2D eigenvalue weighted by Crippen LogP contribution is -2.34. The van der Waals surface area contributed by atoms with Gasteiger partial charge in [-0.1, -0.05) is 62.6 Å². The van der Waals surface area contributed by atoms with Crippen LogP contribution in [0.4, 0.5) is 0 Å². The number of unbranched alkanes of at least 4 members (excludes halogenated alkanes) is 2. The molecule has 0 bridgehead atoms. The third-order valence-corrected chi connectivity index (χ3v) is 6.84. The fourth-order valence-corrected chi connectivity index (χ4v) is 4.88. The Balaban J connectivity index is 1.64. The molecule has 1 aliphatic rings. The second-order valence-corrected chi connectivity index (χ2v) is 9.46. The number of amides is 1. The van der Waals surface area contributed by atoms with Crippen LogP contribution in [0.3, 0.4) is 0 Å². The zero-order chi connectivity index (χ0) is 24.1. The van der Waals surface area contributed by atoms with Crippen LogP contribution in [0.25, 0.3) is 11.0 Å². The summed E-state index contributed by atoms with van der Waals surface area (Å²) >= 11 is 6.13. The summed E-state index contributed by atoms with van der Waals surface area (Å²) in [7, 11) is 0. The minimum Gasteiger partial charge on any atom is -0.450 e. The van der Waals surface area contributed by atoms with Gasteiger partial charge in [-0.05, 0) is 68.7 Å². The Morgan fingerprint density at radius 2 is 1.56 bits per heavy atom. The molecule has 0 saturated carbocycles. The maximum absolute atomic E-state index is 13.5. The van der Waals surface area contributed by atoms with Crippen molar-refractivity contribution in [3.05, 3.63) is 80.7 Å². The van der Waals surface area contributed by atoms with Crippen molar-refractivity contribution in [2.24, 2.45) is 0 Å². The standard InChI is InChI=1S/C28H33ClN2O3/c1-3-5-16-30(17-6-4-2)18-9-19-31-25(20-12-14-21(29)15-13-20)24-26(32)22-10-7-8-11-23(22)34-27(24)28(31)33/h7-8,10-15,25H,3-6,9,16-19H2,1-2H3. The highest BCUT2D eigenvalue weighted by Gasteiger charge is 2.42. The monoisotopic (exact) mass is 480 g/mol. The Morgan fingerprint density at radius 3 is 2.24 bits per heavy atom. The Morgan fingerprint density at radius 1 is 0.912 bits per heavy atom. The van der Waals surface area contributed by atoms with Crippen molar-refractivity contribution in [2.75, 3.05) is 26.2 Å². The number of fused-ring (bicyclic) bond motifs is 2. The molecule has 2 aromatic carbocycles. The van der Waals surface area contributed by atoms with Gasteiger partial charge < -0.3 is 14.2 Å². The highest BCUT2D eigenvalue weighted by Crippen LogP contribution is 2.38. The number of halogens is 1. The van der Waals surface area contributed by atoms with E-state index in [9.17, 15) is 9.59 Å². The molecule has 0 aliphatic carbocycles. The first-order chi connectivity index (χ1) is 16.5. The van der Waals surface area contributed by atoms with Gasteiger partial charge in [0, 0.05) is 11.6 Å². The van der Waals surface area contributed by atoms with Crippen molar-refractivity contribution in [1.29, 1.82) is 0 Å². The van der Waals surface area contributed by atoms with Crippen molar-refractivity contribution in [3.63, 3.8) is 0 Å². The Kier molecular flexibility index (Phi) is 8.07. The Hall–Kier alpha value is -2.63. The smallest absolute Gasteiger partial charge is 0.290 e.